The number of carbonyl (C=O) groups is 2. The summed E-state index contributed by atoms with van der Waals surface area (Å²) in [5, 5.41) is 0. The second-order valence-corrected chi connectivity index (χ2v) is 8.14. The van der Waals surface area contributed by atoms with Crippen LogP contribution in [0.3, 0.4) is 0 Å². The molecule has 29 heavy (non-hydrogen) atoms. The third-order valence-electron chi connectivity index (χ3n) is 4.95. The number of Topliss-reactive ketones (excluding diaryl/α,β-unsaturated/α-hetero) is 1. The van der Waals surface area contributed by atoms with Crippen molar-refractivity contribution >= 4 is 23.5 Å². The van der Waals surface area contributed by atoms with Crippen LogP contribution in [-0.4, -0.2) is 53.4 Å². The van der Waals surface area contributed by atoms with Crippen molar-refractivity contribution in [2.24, 2.45) is 0 Å². The standard InChI is InChI=1S/C22H24F2N2O2S/c1-16(27)18-5-8-21(20(24)13-18)29-15-22(28)26-10-2-9-25(11-12-26)14-17-3-6-19(23)7-4-17/h3-8,13H,2,9-12,14-15H2,1H3. The number of ketones is 1. The molecule has 1 aliphatic rings. The van der Waals surface area contributed by atoms with E-state index in [0.29, 0.717) is 23.5 Å². The Hall–Kier alpha value is -2.25. The molecule has 3 rings (SSSR count). The fourth-order valence-electron chi connectivity index (χ4n) is 3.29. The minimum absolute atomic E-state index is 0.0197. The second kappa shape index (κ2) is 9.98. The normalized spacial score (nSPS) is 15.2. The quantitative estimate of drug-likeness (QED) is 0.525. The van der Waals surface area contributed by atoms with E-state index in [1.165, 1.54) is 25.1 Å². The van der Waals surface area contributed by atoms with Crippen molar-refractivity contribution in [3.63, 3.8) is 0 Å². The van der Waals surface area contributed by atoms with Gasteiger partial charge in [-0.05, 0) is 43.2 Å². The number of halogens is 2. The van der Waals surface area contributed by atoms with Crippen molar-refractivity contribution in [1.29, 1.82) is 0 Å². The summed E-state index contributed by atoms with van der Waals surface area (Å²) < 4.78 is 27.2. The molecule has 0 aromatic heterocycles. The molecule has 7 heteroatoms. The largest absolute Gasteiger partial charge is 0.341 e. The summed E-state index contributed by atoms with van der Waals surface area (Å²) in [6.45, 7) is 5.02. The first-order valence-corrected chi connectivity index (χ1v) is 10.6. The van der Waals surface area contributed by atoms with Crippen LogP contribution in [0.5, 0.6) is 0 Å². The second-order valence-electron chi connectivity index (χ2n) is 7.13. The number of hydrogen-bond donors (Lipinski definition) is 0. The van der Waals surface area contributed by atoms with E-state index in [-0.39, 0.29) is 23.3 Å². The molecule has 1 fully saturated rings. The van der Waals surface area contributed by atoms with Gasteiger partial charge in [-0.2, -0.15) is 0 Å². The molecule has 1 aliphatic heterocycles. The van der Waals surface area contributed by atoms with Gasteiger partial charge >= 0.3 is 0 Å². The summed E-state index contributed by atoms with van der Waals surface area (Å²) in [5.74, 6) is -0.767. The van der Waals surface area contributed by atoms with Crippen LogP contribution in [0.25, 0.3) is 0 Å². The van der Waals surface area contributed by atoms with E-state index in [4.69, 9.17) is 0 Å². The number of hydrogen-bond acceptors (Lipinski definition) is 4. The number of benzene rings is 2. The Morgan fingerprint density at radius 3 is 2.45 bits per heavy atom. The van der Waals surface area contributed by atoms with Gasteiger partial charge in [0.05, 0.1) is 5.75 Å². The maximum Gasteiger partial charge on any atom is 0.232 e. The van der Waals surface area contributed by atoms with Crippen molar-refractivity contribution in [3.8, 4) is 0 Å². The molecule has 1 amide bonds. The monoisotopic (exact) mass is 418 g/mol. The van der Waals surface area contributed by atoms with Gasteiger partial charge in [-0.15, -0.1) is 11.8 Å². The molecular formula is C22H24F2N2O2S. The minimum Gasteiger partial charge on any atom is -0.341 e. The third-order valence-corrected chi connectivity index (χ3v) is 5.98. The highest BCUT2D eigenvalue weighted by molar-refractivity contribution is 8.00. The molecule has 154 valence electrons. The first-order chi connectivity index (χ1) is 13.9. The summed E-state index contributed by atoms with van der Waals surface area (Å²) in [6.07, 6.45) is 0.860. The lowest BCUT2D eigenvalue weighted by molar-refractivity contribution is -0.128. The van der Waals surface area contributed by atoms with E-state index in [9.17, 15) is 18.4 Å². The van der Waals surface area contributed by atoms with Gasteiger partial charge < -0.3 is 4.90 Å². The van der Waals surface area contributed by atoms with E-state index in [0.717, 1.165) is 43.4 Å². The van der Waals surface area contributed by atoms with E-state index in [1.54, 1.807) is 24.3 Å². The van der Waals surface area contributed by atoms with Crippen LogP contribution >= 0.6 is 11.8 Å². The van der Waals surface area contributed by atoms with Crippen LogP contribution in [0.1, 0.15) is 29.3 Å². The molecule has 4 nitrogen and oxygen atoms in total. The predicted molar refractivity (Wildman–Crippen MR) is 110 cm³/mol. The first kappa shape index (κ1) is 21.5. The highest BCUT2D eigenvalue weighted by Crippen LogP contribution is 2.23. The topological polar surface area (TPSA) is 40.6 Å². The average molecular weight is 419 g/mol. The van der Waals surface area contributed by atoms with Gasteiger partial charge in [-0.1, -0.05) is 18.2 Å². The molecule has 2 aromatic carbocycles. The van der Waals surface area contributed by atoms with Gasteiger partial charge in [0.1, 0.15) is 11.6 Å². The summed E-state index contributed by atoms with van der Waals surface area (Å²) >= 11 is 1.15. The Balaban J connectivity index is 1.50. The Morgan fingerprint density at radius 1 is 1.00 bits per heavy atom. The highest BCUT2D eigenvalue weighted by Gasteiger charge is 2.20. The Bertz CT molecular complexity index is 874. The number of rotatable bonds is 6. The van der Waals surface area contributed by atoms with Crippen molar-refractivity contribution in [3.05, 3.63) is 65.2 Å². The third kappa shape index (κ3) is 6.11. The van der Waals surface area contributed by atoms with Crippen molar-refractivity contribution < 1.29 is 18.4 Å². The van der Waals surface area contributed by atoms with Crippen LogP contribution in [-0.2, 0) is 11.3 Å². The van der Waals surface area contributed by atoms with Gasteiger partial charge in [-0.3, -0.25) is 14.5 Å². The van der Waals surface area contributed by atoms with Crippen LogP contribution in [0, 0.1) is 11.6 Å². The van der Waals surface area contributed by atoms with Gasteiger partial charge in [0, 0.05) is 43.2 Å². The molecule has 1 heterocycles. The molecule has 0 bridgehead atoms. The molecule has 0 saturated carbocycles. The van der Waals surface area contributed by atoms with E-state index >= 15 is 0 Å². The van der Waals surface area contributed by atoms with Crippen molar-refractivity contribution in [2.45, 2.75) is 24.8 Å². The molecule has 0 spiro atoms. The van der Waals surface area contributed by atoms with Crippen molar-refractivity contribution in [2.75, 3.05) is 31.9 Å². The van der Waals surface area contributed by atoms with Gasteiger partial charge in [0.2, 0.25) is 5.91 Å². The molecular weight excluding hydrogens is 394 g/mol. The average Bonchev–Trinajstić information content (AvgIpc) is 2.94. The zero-order chi connectivity index (χ0) is 20.8. The van der Waals surface area contributed by atoms with Crippen LogP contribution in [0.2, 0.25) is 0 Å². The van der Waals surface area contributed by atoms with E-state index in [2.05, 4.69) is 4.90 Å². The van der Waals surface area contributed by atoms with E-state index < -0.39 is 5.82 Å². The fraction of sp³-hybridized carbons (Fsp3) is 0.364. The SMILES string of the molecule is CC(=O)c1ccc(SCC(=O)N2CCCN(Cc3ccc(F)cc3)CC2)c(F)c1. The summed E-state index contributed by atoms with van der Waals surface area (Å²) in [7, 11) is 0. The maximum atomic E-state index is 14.1. The predicted octanol–water partition coefficient (Wildman–Crippen LogP) is 3.99. The fourth-order valence-corrected chi connectivity index (χ4v) is 4.12. The van der Waals surface area contributed by atoms with Crippen molar-refractivity contribution in [1.82, 2.24) is 9.80 Å². The lowest BCUT2D eigenvalue weighted by Crippen LogP contribution is -2.36. The minimum atomic E-state index is -0.475. The zero-order valence-corrected chi connectivity index (χ0v) is 17.2. The van der Waals surface area contributed by atoms with Gasteiger partial charge in [-0.25, -0.2) is 8.78 Å². The number of amides is 1. The molecule has 1 saturated heterocycles. The Labute approximate surface area is 173 Å². The lowest BCUT2D eigenvalue weighted by Gasteiger charge is -2.22. The Kier molecular flexibility index (Phi) is 7.39. The molecule has 0 unspecified atom stereocenters. The van der Waals surface area contributed by atoms with Crippen LogP contribution in [0.15, 0.2) is 47.4 Å². The highest BCUT2D eigenvalue weighted by atomic mass is 32.2. The molecule has 0 atom stereocenters. The number of carbonyl (C=O) groups excluding carboxylic acids is 2. The van der Waals surface area contributed by atoms with Gasteiger partial charge in [0.25, 0.3) is 0 Å². The smallest absolute Gasteiger partial charge is 0.232 e. The number of nitrogens with zero attached hydrogens (tertiary/aromatic N) is 2. The molecule has 0 aliphatic carbocycles. The molecule has 0 N–H and O–H groups in total. The van der Waals surface area contributed by atoms with Gasteiger partial charge in [0.15, 0.2) is 5.78 Å². The maximum absolute atomic E-state index is 14.1. The lowest BCUT2D eigenvalue weighted by atomic mass is 10.1. The molecule has 0 radical (unpaired) electrons. The van der Waals surface area contributed by atoms with E-state index in [1.807, 2.05) is 4.90 Å². The van der Waals surface area contributed by atoms with Crippen LogP contribution < -0.4 is 0 Å². The summed E-state index contributed by atoms with van der Waals surface area (Å²) in [5.41, 5.74) is 1.37. The zero-order valence-electron chi connectivity index (χ0n) is 16.4. The summed E-state index contributed by atoms with van der Waals surface area (Å²) in [4.78, 5) is 28.3. The molecule has 2 aromatic rings. The first-order valence-electron chi connectivity index (χ1n) is 9.60. The number of thioether (sulfide) groups is 1. The summed E-state index contributed by atoms with van der Waals surface area (Å²) in [6, 6.07) is 10.8. The van der Waals surface area contributed by atoms with Crippen LogP contribution in [0.4, 0.5) is 8.78 Å². The Morgan fingerprint density at radius 2 is 1.76 bits per heavy atom.